The van der Waals surface area contributed by atoms with Crippen LogP contribution >= 0.6 is 0 Å². The molecule has 0 radical (unpaired) electrons. The number of nitrogens with one attached hydrogen (secondary N) is 1. The van der Waals surface area contributed by atoms with E-state index in [4.69, 9.17) is 4.98 Å². The molecule has 41 heavy (non-hydrogen) atoms. The van der Waals surface area contributed by atoms with Crippen LogP contribution in [0.2, 0.25) is 0 Å². The van der Waals surface area contributed by atoms with Crippen molar-refractivity contribution in [3.63, 3.8) is 0 Å². The second kappa shape index (κ2) is 12.3. The molecular weight excluding hydrogens is 506 g/mol. The number of fused-ring (bicyclic) bond motifs is 3. The summed E-state index contributed by atoms with van der Waals surface area (Å²) in [5.74, 6) is 0.0713. The lowest BCUT2D eigenvalue weighted by atomic mass is 9.80. The summed E-state index contributed by atoms with van der Waals surface area (Å²) in [5.41, 5.74) is 7.76. The fraction of sp³-hybridized carbons (Fsp3) is 0.333. The number of aromatic nitrogens is 2. The minimum atomic E-state index is -0.413. The van der Waals surface area contributed by atoms with Crippen LogP contribution in [0, 0.1) is 12.8 Å². The number of carbonyl (C=O) groups excluding carboxylic acids is 1. The molecule has 1 unspecified atom stereocenters. The van der Waals surface area contributed by atoms with Gasteiger partial charge in [0.2, 0.25) is 5.91 Å². The van der Waals surface area contributed by atoms with E-state index in [1.807, 2.05) is 36.5 Å². The normalized spacial score (nSPS) is 16.0. The molecule has 2 atom stereocenters. The fourth-order valence-electron chi connectivity index (χ4n) is 6.76. The predicted molar refractivity (Wildman–Crippen MR) is 165 cm³/mol. The van der Waals surface area contributed by atoms with Crippen LogP contribution < -0.4 is 5.32 Å². The average molecular weight is 546 g/mol. The molecule has 2 N–H and O–H groups in total. The maximum Gasteiger partial charge on any atom is 0.228 e. The number of aliphatic hydroxyl groups is 1. The van der Waals surface area contributed by atoms with Crippen molar-refractivity contribution < 1.29 is 9.90 Å². The number of hydrogen-bond donors (Lipinski definition) is 2. The van der Waals surface area contributed by atoms with Gasteiger partial charge in [-0.25, -0.2) is 4.98 Å². The summed E-state index contributed by atoms with van der Waals surface area (Å²) >= 11 is 0. The Morgan fingerprint density at radius 2 is 1.61 bits per heavy atom. The number of carbonyl (C=O) groups is 1. The summed E-state index contributed by atoms with van der Waals surface area (Å²) in [6.07, 6.45) is 9.58. The zero-order valence-corrected chi connectivity index (χ0v) is 23.8. The first-order valence-corrected chi connectivity index (χ1v) is 15.0. The lowest BCUT2D eigenvalue weighted by molar-refractivity contribution is -0.125. The molecule has 1 amide bonds. The smallest absolute Gasteiger partial charge is 0.228 e. The quantitative estimate of drug-likeness (QED) is 0.201. The van der Waals surface area contributed by atoms with Crippen molar-refractivity contribution in [1.29, 1.82) is 0 Å². The first-order chi connectivity index (χ1) is 20.1. The predicted octanol–water partition coefficient (Wildman–Crippen LogP) is 7.29. The van der Waals surface area contributed by atoms with Crippen molar-refractivity contribution >= 4 is 22.5 Å². The summed E-state index contributed by atoms with van der Waals surface area (Å²) in [6.45, 7) is 2.00. The molecule has 1 aliphatic carbocycles. The van der Waals surface area contributed by atoms with E-state index < -0.39 is 6.04 Å². The first-order valence-electron chi connectivity index (χ1n) is 15.0. The van der Waals surface area contributed by atoms with Gasteiger partial charge in [-0.15, -0.1) is 0 Å². The summed E-state index contributed by atoms with van der Waals surface area (Å²) in [5, 5.41) is 14.6. The van der Waals surface area contributed by atoms with E-state index in [-0.39, 0.29) is 18.4 Å². The molecule has 6 rings (SSSR count). The molecule has 0 spiro atoms. The maximum atomic E-state index is 13.9. The van der Waals surface area contributed by atoms with Gasteiger partial charge in [-0.2, -0.15) is 0 Å². The Kier molecular flexibility index (Phi) is 8.15. The zero-order chi connectivity index (χ0) is 28.2. The molecule has 1 aliphatic rings. The van der Waals surface area contributed by atoms with Crippen LogP contribution in [0.3, 0.4) is 0 Å². The molecule has 5 heteroatoms. The second-order valence-corrected chi connectivity index (χ2v) is 11.5. The molecular formula is C36H39N3O2. The second-order valence-electron chi connectivity index (χ2n) is 11.5. The molecule has 3 aromatic carbocycles. The topological polar surface area (TPSA) is 66.6 Å². The molecule has 5 nitrogen and oxygen atoms in total. The van der Waals surface area contributed by atoms with Crippen molar-refractivity contribution in [3.8, 4) is 0 Å². The van der Waals surface area contributed by atoms with Gasteiger partial charge in [0.05, 0.1) is 24.1 Å². The molecule has 1 fully saturated rings. The standard InChI is InChI=1S/C36H39N3O2/c1-25-21-22-37-35-31(30-15-9-10-16-33(30)39(25)35)23-26-17-19-29(20-18-26)34(28-13-5-2-3-6-14-28)36(41)38-32(24-40)27-11-7-4-8-12-27/h4,7-12,15-22,28,32,34,40H,2-3,5-6,13-14,23-24H2,1H3,(H,38,41)/t32-,34?/m0/s1. The van der Waals surface area contributed by atoms with Gasteiger partial charge in [-0.1, -0.05) is 98.5 Å². The SMILES string of the molecule is Cc1ccnc2c(Cc3ccc(C(C(=O)N[C@@H](CO)c4ccccc4)C4CCCCCC4)cc3)c3ccccc3n12. The van der Waals surface area contributed by atoms with E-state index in [0.717, 1.165) is 48.9 Å². The zero-order valence-electron chi connectivity index (χ0n) is 23.8. The van der Waals surface area contributed by atoms with Crippen LogP contribution in [0.5, 0.6) is 0 Å². The third-order valence-electron chi connectivity index (χ3n) is 8.89. The monoisotopic (exact) mass is 545 g/mol. The van der Waals surface area contributed by atoms with E-state index >= 15 is 0 Å². The lowest BCUT2D eigenvalue weighted by Crippen LogP contribution is -2.37. The third kappa shape index (κ3) is 5.64. The van der Waals surface area contributed by atoms with Crippen molar-refractivity contribution in [1.82, 2.24) is 14.7 Å². The number of rotatable bonds is 8. The minimum absolute atomic E-state index is 0.0108. The van der Waals surface area contributed by atoms with E-state index in [1.165, 1.54) is 40.6 Å². The Balaban J connectivity index is 1.30. The number of benzene rings is 3. The molecule has 5 aromatic rings. The number of amides is 1. The molecule has 210 valence electrons. The largest absolute Gasteiger partial charge is 0.394 e. The van der Waals surface area contributed by atoms with Crippen LogP contribution in [0.15, 0.2) is 91.1 Å². The van der Waals surface area contributed by atoms with E-state index in [2.05, 4.69) is 71.2 Å². The van der Waals surface area contributed by atoms with Crippen LogP contribution in [-0.4, -0.2) is 27.0 Å². The number of para-hydroxylation sites is 1. The molecule has 2 heterocycles. The summed E-state index contributed by atoms with van der Waals surface area (Å²) in [6, 6.07) is 28.6. The van der Waals surface area contributed by atoms with Gasteiger partial charge in [0.15, 0.2) is 0 Å². The van der Waals surface area contributed by atoms with Gasteiger partial charge in [-0.05, 0) is 54.5 Å². The van der Waals surface area contributed by atoms with E-state index in [0.29, 0.717) is 5.92 Å². The average Bonchev–Trinajstić information content (AvgIpc) is 3.13. The summed E-state index contributed by atoms with van der Waals surface area (Å²) < 4.78 is 2.25. The van der Waals surface area contributed by atoms with Gasteiger partial charge in [-0.3, -0.25) is 9.20 Å². The van der Waals surface area contributed by atoms with Gasteiger partial charge in [0, 0.05) is 29.3 Å². The van der Waals surface area contributed by atoms with E-state index in [9.17, 15) is 9.90 Å². The molecule has 0 aliphatic heterocycles. The fourth-order valence-corrected chi connectivity index (χ4v) is 6.76. The number of aryl methyl sites for hydroxylation is 1. The maximum absolute atomic E-state index is 13.9. The van der Waals surface area contributed by atoms with E-state index in [1.54, 1.807) is 0 Å². The number of hydrogen-bond acceptors (Lipinski definition) is 3. The highest BCUT2D eigenvalue weighted by Crippen LogP contribution is 2.37. The van der Waals surface area contributed by atoms with Gasteiger partial charge in [0.25, 0.3) is 0 Å². The van der Waals surface area contributed by atoms with Crippen molar-refractivity contribution in [2.24, 2.45) is 5.92 Å². The highest BCUT2D eigenvalue weighted by atomic mass is 16.3. The van der Waals surface area contributed by atoms with Crippen LogP contribution in [-0.2, 0) is 11.2 Å². The van der Waals surface area contributed by atoms with Crippen molar-refractivity contribution in [2.45, 2.75) is 63.8 Å². The Morgan fingerprint density at radius 3 is 2.34 bits per heavy atom. The Morgan fingerprint density at radius 1 is 0.902 bits per heavy atom. The summed E-state index contributed by atoms with van der Waals surface area (Å²) in [4.78, 5) is 18.7. The van der Waals surface area contributed by atoms with Crippen LogP contribution in [0.25, 0.3) is 16.6 Å². The Labute approximate surface area is 242 Å². The Hall–Kier alpha value is -3.96. The Bertz CT molecular complexity index is 1620. The van der Waals surface area contributed by atoms with Gasteiger partial charge >= 0.3 is 0 Å². The molecule has 0 bridgehead atoms. The highest BCUT2D eigenvalue weighted by Gasteiger charge is 2.32. The van der Waals surface area contributed by atoms with Gasteiger partial charge < -0.3 is 10.4 Å². The molecule has 2 aromatic heterocycles. The summed E-state index contributed by atoms with van der Waals surface area (Å²) in [7, 11) is 0. The lowest BCUT2D eigenvalue weighted by Gasteiger charge is -2.28. The van der Waals surface area contributed by atoms with Crippen molar-refractivity contribution in [2.75, 3.05) is 6.61 Å². The van der Waals surface area contributed by atoms with Gasteiger partial charge in [0.1, 0.15) is 5.65 Å². The number of nitrogens with zero attached hydrogens (tertiary/aromatic N) is 2. The number of aliphatic hydroxyl groups excluding tert-OH is 1. The van der Waals surface area contributed by atoms with Crippen LogP contribution in [0.4, 0.5) is 0 Å². The van der Waals surface area contributed by atoms with Crippen LogP contribution in [0.1, 0.15) is 78.4 Å². The highest BCUT2D eigenvalue weighted by molar-refractivity contribution is 5.91. The van der Waals surface area contributed by atoms with Crippen molar-refractivity contribution in [3.05, 3.63) is 119 Å². The molecule has 1 saturated carbocycles. The minimum Gasteiger partial charge on any atom is -0.394 e. The third-order valence-corrected chi connectivity index (χ3v) is 8.89. The molecule has 0 saturated heterocycles. The first kappa shape index (κ1) is 27.2.